The van der Waals surface area contributed by atoms with E-state index in [2.05, 4.69) is 12.2 Å². The topological polar surface area (TPSA) is 88.0 Å². The molecule has 29 heavy (non-hydrogen) atoms. The van der Waals surface area contributed by atoms with Crippen LogP contribution < -0.4 is 15.0 Å². The maximum atomic E-state index is 13.9. The number of rotatable bonds is 6. The number of hydrogen-bond acceptors (Lipinski definition) is 6. The first-order valence-electron chi connectivity index (χ1n) is 10.2. The van der Waals surface area contributed by atoms with Gasteiger partial charge < -0.3 is 15.0 Å². The van der Waals surface area contributed by atoms with Gasteiger partial charge in [0.05, 0.1) is 24.6 Å². The fourth-order valence-corrected chi connectivity index (χ4v) is 4.12. The van der Waals surface area contributed by atoms with Crippen LogP contribution in [0, 0.1) is 21.8 Å². The van der Waals surface area contributed by atoms with E-state index in [-0.39, 0.29) is 23.4 Å². The summed E-state index contributed by atoms with van der Waals surface area (Å²) in [4.78, 5) is 27.0. The maximum Gasteiger partial charge on any atom is 0.295 e. The summed E-state index contributed by atoms with van der Waals surface area (Å²) in [6.07, 6.45) is 4.39. The predicted molar refractivity (Wildman–Crippen MR) is 108 cm³/mol. The molecule has 1 amide bonds. The maximum absolute atomic E-state index is 13.9. The number of nitrogens with zero attached hydrogens (tertiary/aromatic N) is 3. The van der Waals surface area contributed by atoms with Gasteiger partial charge in [0.2, 0.25) is 5.91 Å². The highest BCUT2D eigenvalue weighted by Crippen LogP contribution is 2.35. The second-order valence-corrected chi connectivity index (χ2v) is 8.02. The molecule has 0 unspecified atom stereocenters. The Morgan fingerprint density at radius 3 is 2.48 bits per heavy atom. The second kappa shape index (κ2) is 9.39. The number of carbonyl (C=O) groups excluding carboxylic acids is 1. The molecule has 2 aliphatic rings. The zero-order valence-corrected chi connectivity index (χ0v) is 17.0. The fourth-order valence-electron chi connectivity index (χ4n) is 4.12. The van der Waals surface area contributed by atoms with Crippen LogP contribution in [0.2, 0.25) is 0 Å². The number of halogens is 1. The van der Waals surface area contributed by atoms with Crippen molar-refractivity contribution in [2.24, 2.45) is 5.92 Å². The molecule has 1 saturated carbocycles. The van der Waals surface area contributed by atoms with Gasteiger partial charge in [-0.05, 0) is 31.6 Å². The Morgan fingerprint density at radius 2 is 1.90 bits per heavy atom. The predicted octanol–water partition coefficient (Wildman–Crippen LogP) is 2.56. The molecule has 2 fully saturated rings. The zero-order chi connectivity index (χ0) is 21.0. The van der Waals surface area contributed by atoms with E-state index in [0.29, 0.717) is 38.4 Å². The van der Waals surface area contributed by atoms with Crippen molar-refractivity contribution in [2.75, 3.05) is 44.7 Å². The molecule has 160 valence electrons. The van der Waals surface area contributed by atoms with Crippen LogP contribution >= 0.6 is 0 Å². The highest BCUT2D eigenvalue weighted by Gasteiger charge is 2.27. The highest BCUT2D eigenvalue weighted by atomic mass is 19.1. The number of amides is 1. The van der Waals surface area contributed by atoms with Crippen LogP contribution in [0.15, 0.2) is 12.1 Å². The first-order valence-corrected chi connectivity index (χ1v) is 10.2. The normalized spacial score (nSPS) is 22.9. The molecule has 1 heterocycles. The third-order valence-corrected chi connectivity index (χ3v) is 5.91. The van der Waals surface area contributed by atoms with Gasteiger partial charge in [0.25, 0.3) is 5.69 Å². The lowest BCUT2D eigenvalue weighted by atomic mass is 9.87. The number of methoxy groups -OCH3 is 1. The van der Waals surface area contributed by atoms with Gasteiger partial charge >= 0.3 is 0 Å². The molecule has 9 heteroatoms. The van der Waals surface area contributed by atoms with Crippen LogP contribution in [0.4, 0.5) is 15.8 Å². The van der Waals surface area contributed by atoms with Crippen LogP contribution in [0.25, 0.3) is 0 Å². The standard InChI is InChI=1S/C20H29FN4O4/c1-14-3-5-15(6-4-14)22-20(26)13-23-7-9-24(10-8-23)17-12-19(29-2)16(21)11-18(17)25(27)28/h11-12,14-15H,3-10,13H2,1-2H3,(H,22,26). The number of carbonyl (C=O) groups is 1. The molecule has 1 aliphatic heterocycles. The van der Waals surface area contributed by atoms with E-state index < -0.39 is 10.7 Å². The third-order valence-electron chi connectivity index (χ3n) is 5.91. The van der Waals surface area contributed by atoms with E-state index in [1.807, 2.05) is 9.80 Å². The molecule has 0 atom stereocenters. The number of nitrogens with one attached hydrogen (secondary N) is 1. The van der Waals surface area contributed by atoms with Crippen LogP contribution in [0.5, 0.6) is 5.75 Å². The van der Waals surface area contributed by atoms with Crippen molar-refractivity contribution in [2.45, 2.75) is 38.6 Å². The van der Waals surface area contributed by atoms with E-state index >= 15 is 0 Å². The smallest absolute Gasteiger partial charge is 0.295 e. The molecule has 0 bridgehead atoms. The summed E-state index contributed by atoms with van der Waals surface area (Å²) in [5.41, 5.74) is 0.0645. The molecule has 1 aliphatic carbocycles. The Labute approximate surface area is 170 Å². The molecule has 0 radical (unpaired) electrons. The van der Waals surface area contributed by atoms with E-state index in [4.69, 9.17) is 4.74 Å². The average Bonchev–Trinajstić information content (AvgIpc) is 2.70. The molecule has 1 aromatic rings. The number of ether oxygens (including phenoxy) is 1. The number of piperazine rings is 1. The summed E-state index contributed by atoms with van der Waals surface area (Å²) in [5, 5.41) is 14.5. The van der Waals surface area contributed by atoms with Crippen LogP contribution in [-0.2, 0) is 4.79 Å². The number of hydrogen-bond donors (Lipinski definition) is 1. The molecule has 1 aromatic carbocycles. The van der Waals surface area contributed by atoms with Crippen molar-refractivity contribution in [1.29, 1.82) is 0 Å². The van der Waals surface area contributed by atoms with E-state index in [1.54, 1.807) is 0 Å². The van der Waals surface area contributed by atoms with Crippen LogP contribution in [0.1, 0.15) is 32.6 Å². The zero-order valence-electron chi connectivity index (χ0n) is 17.0. The van der Waals surface area contributed by atoms with Gasteiger partial charge in [-0.25, -0.2) is 4.39 Å². The molecule has 1 N–H and O–H groups in total. The average molecular weight is 408 g/mol. The number of benzene rings is 1. The lowest BCUT2D eigenvalue weighted by Gasteiger charge is -2.36. The SMILES string of the molecule is COc1cc(N2CCN(CC(=O)NC3CCC(C)CC3)CC2)c([N+](=O)[O-])cc1F. The van der Waals surface area contributed by atoms with Crippen LogP contribution in [0.3, 0.4) is 0 Å². The Morgan fingerprint density at radius 1 is 1.24 bits per heavy atom. The number of nitro benzene ring substituents is 1. The van der Waals surface area contributed by atoms with Gasteiger partial charge in [-0.1, -0.05) is 6.92 Å². The highest BCUT2D eigenvalue weighted by molar-refractivity contribution is 5.78. The molecule has 0 spiro atoms. The summed E-state index contributed by atoms with van der Waals surface area (Å²) in [7, 11) is 1.33. The Bertz CT molecular complexity index is 744. The van der Waals surface area contributed by atoms with Crippen molar-refractivity contribution < 1.29 is 18.8 Å². The largest absolute Gasteiger partial charge is 0.494 e. The minimum absolute atomic E-state index is 0.0193. The van der Waals surface area contributed by atoms with Crippen molar-refractivity contribution in [3.63, 3.8) is 0 Å². The summed E-state index contributed by atoms with van der Waals surface area (Å²) in [5.74, 6) is 0.00220. The summed E-state index contributed by atoms with van der Waals surface area (Å²) >= 11 is 0. The van der Waals surface area contributed by atoms with Gasteiger partial charge in [-0.15, -0.1) is 0 Å². The van der Waals surface area contributed by atoms with Gasteiger partial charge in [0, 0.05) is 38.3 Å². The van der Waals surface area contributed by atoms with Crippen molar-refractivity contribution in [1.82, 2.24) is 10.2 Å². The minimum atomic E-state index is -0.754. The first kappa shape index (κ1) is 21.3. The van der Waals surface area contributed by atoms with Gasteiger partial charge in [0.15, 0.2) is 11.6 Å². The lowest BCUT2D eigenvalue weighted by Crippen LogP contribution is -2.51. The molecule has 3 rings (SSSR count). The molecular formula is C20H29FN4O4. The quantitative estimate of drug-likeness (QED) is 0.575. The first-order chi connectivity index (χ1) is 13.9. The Balaban J connectivity index is 1.55. The van der Waals surface area contributed by atoms with E-state index in [1.165, 1.54) is 13.2 Å². The van der Waals surface area contributed by atoms with Crippen molar-refractivity contribution in [3.05, 3.63) is 28.1 Å². The minimum Gasteiger partial charge on any atom is -0.494 e. The van der Waals surface area contributed by atoms with E-state index in [9.17, 15) is 19.3 Å². The van der Waals surface area contributed by atoms with Gasteiger partial charge in [-0.2, -0.15) is 0 Å². The third kappa shape index (κ3) is 5.35. The van der Waals surface area contributed by atoms with Gasteiger partial charge in [-0.3, -0.25) is 19.8 Å². The molecular weight excluding hydrogens is 379 g/mol. The fraction of sp³-hybridized carbons (Fsp3) is 0.650. The van der Waals surface area contributed by atoms with Crippen LogP contribution in [-0.4, -0.2) is 61.6 Å². The second-order valence-electron chi connectivity index (χ2n) is 8.02. The Hall–Kier alpha value is -2.42. The molecule has 8 nitrogen and oxygen atoms in total. The Kier molecular flexibility index (Phi) is 6.89. The summed E-state index contributed by atoms with van der Waals surface area (Å²) in [6.45, 7) is 4.82. The molecule has 1 saturated heterocycles. The number of nitro groups is 1. The summed E-state index contributed by atoms with van der Waals surface area (Å²) in [6, 6.07) is 2.55. The van der Waals surface area contributed by atoms with Crippen molar-refractivity contribution >= 4 is 17.3 Å². The molecule has 0 aromatic heterocycles. The lowest BCUT2D eigenvalue weighted by molar-refractivity contribution is -0.384. The number of anilines is 1. The summed E-state index contributed by atoms with van der Waals surface area (Å²) < 4.78 is 18.9. The van der Waals surface area contributed by atoms with E-state index in [0.717, 1.165) is 37.7 Å². The van der Waals surface area contributed by atoms with Crippen molar-refractivity contribution in [3.8, 4) is 5.75 Å². The van der Waals surface area contributed by atoms with Gasteiger partial charge in [0.1, 0.15) is 5.69 Å². The monoisotopic (exact) mass is 408 g/mol.